The van der Waals surface area contributed by atoms with E-state index < -0.39 is 30.1 Å². The molecule has 2 aromatic heterocycles. The highest BCUT2D eigenvalue weighted by Gasteiger charge is 2.54. The quantitative estimate of drug-likeness (QED) is 0.500. The van der Waals surface area contributed by atoms with Crippen LogP contribution < -0.4 is 4.90 Å². The molecule has 4 heterocycles. The van der Waals surface area contributed by atoms with Gasteiger partial charge in [-0.05, 0) is 23.6 Å². The average Bonchev–Trinajstić information content (AvgIpc) is 3.40. The number of nitrogens with zero attached hydrogens (tertiary/aromatic N) is 5. The Morgan fingerprint density at radius 3 is 2.75 bits per heavy atom. The molecular formula is C21H18ClN5O5. The highest BCUT2D eigenvalue weighted by atomic mass is 35.5. The number of ketones is 1. The molecule has 6 rings (SSSR count). The minimum Gasteiger partial charge on any atom is -0.506 e. The molecule has 164 valence electrons. The second-order valence-electron chi connectivity index (χ2n) is 8.36. The van der Waals surface area contributed by atoms with Crippen molar-refractivity contribution in [2.24, 2.45) is 5.41 Å². The molecule has 11 heteroatoms. The number of carbonyl (C=O) groups is 1. The molecule has 0 saturated carbocycles. The smallest absolute Gasteiger partial charge is 0.226 e. The van der Waals surface area contributed by atoms with Gasteiger partial charge in [-0.25, -0.2) is 4.98 Å². The van der Waals surface area contributed by atoms with Gasteiger partial charge in [0.05, 0.1) is 5.41 Å². The topological polar surface area (TPSA) is 134 Å². The Kier molecular flexibility index (Phi) is 4.04. The molecule has 1 saturated heterocycles. The van der Waals surface area contributed by atoms with Crippen LogP contribution in [0.4, 0.5) is 5.82 Å². The number of fused-ring (bicyclic) bond motifs is 2. The summed E-state index contributed by atoms with van der Waals surface area (Å²) in [6.07, 6.45) is -0.359. The number of hydrogen-bond acceptors (Lipinski definition) is 9. The molecule has 10 nitrogen and oxygen atoms in total. The third kappa shape index (κ3) is 2.54. The fourth-order valence-electron chi connectivity index (χ4n) is 4.90. The fourth-order valence-corrected chi connectivity index (χ4v) is 5.06. The van der Waals surface area contributed by atoms with Crippen LogP contribution in [0.3, 0.4) is 0 Å². The number of halogens is 1. The summed E-state index contributed by atoms with van der Waals surface area (Å²) in [5, 5.41) is 29.6. The predicted octanol–water partition coefficient (Wildman–Crippen LogP) is 1.38. The highest BCUT2D eigenvalue weighted by Crippen LogP contribution is 2.46. The maximum Gasteiger partial charge on any atom is 0.226 e. The molecule has 0 radical (unpaired) electrons. The minimum absolute atomic E-state index is 0.0247. The van der Waals surface area contributed by atoms with Crippen molar-refractivity contribution in [3.05, 3.63) is 58.5 Å². The van der Waals surface area contributed by atoms with E-state index in [9.17, 15) is 20.1 Å². The van der Waals surface area contributed by atoms with E-state index >= 15 is 0 Å². The van der Waals surface area contributed by atoms with Crippen LogP contribution in [-0.2, 0) is 11.2 Å². The van der Waals surface area contributed by atoms with Gasteiger partial charge in [-0.2, -0.15) is 9.97 Å². The molecule has 1 unspecified atom stereocenters. The van der Waals surface area contributed by atoms with Crippen molar-refractivity contribution in [3.8, 4) is 0 Å². The van der Waals surface area contributed by atoms with Crippen LogP contribution in [0, 0.1) is 5.41 Å². The molecule has 2 atom stereocenters. The van der Waals surface area contributed by atoms with Gasteiger partial charge in [-0.15, -0.1) is 0 Å². The van der Waals surface area contributed by atoms with E-state index in [0.717, 1.165) is 11.1 Å². The summed E-state index contributed by atoms with van der Waals surface area (Å²) in [7, 11) is 0. The Balaban J connectivity index is 1.32. The lowest BCUT2D eigenvalue weighted by Crippen LogP contribution is -2.60. The van der Waals surface area contributed by atoms with Crippen molar-refractivity contribution in [1.82, 2.24) is 19.5 Å². The SMILES string of the molecule is O=C1c2ccccc2CC12CN(c1nc(Cl)nc3c1ncn3[C@@H]1OC(CO)=C(O)C1O)C2. The van der Waals surface area contributed by atoms with Gasteiger partial charge in [0, 0.05) is 18.7 Å². The van der Waals surface area contributed by atoms with Crippen molar-refractivity contribution >= 4 is 34.4 Å². The molecule has 1 fully saturated rings. The monoisotopic (exact) mass is 455 g/mol. The summed E-state index contributed by atoms with van der Waals surface area (Å²) in [5.41, 5.74) is 2.10. The fraction of sp³-hybridized carbons (Fsp3) is 0.333. The van der Waals surface area contributed by atoms with Crippen LogP contribution in [0.15, 0.2) is 42.1 Å². The van der Waals surface area contributed by atoms with Crippen molar-refractivity contribution < 1.29 is 24.9 Å². The third-order valence-electron chi connectivity index (χ3n) is 6.45. The van der Waals surface area contributed by atoms with Crippen molar-refractivity contribution in [3.63, 3.8) is 0 Å². The van der Waals surface area contributed by atoms with Gasteiger partial charge in [0.15, 0.2) is 40.4 Å². The van der Waals surface area contributed by atoms with Crippen LogP contribution in [0.1, 0.15) is 22.1 Å². The summed E-state index contributed by atoms with van der Waals surface area (Å²) < 4.78 is 6.92. The number of Topliss-reactive ketones (excluding diaryl/α,β-unsaturated/α-hetero) is 1. The molecule has 32 heavy (non-hydrogen) atoms. The van der Waals surface area contributed by atoms with E-state index in [4.69, 9.17) is 16.3 Å². The Morgan fingerprint density at radius 1 is 1.25 bits per heavy atom. The lowest BCUT2D eigenvalue weighted by Gasteiger charge is -2.47. The first kappa shape index (κ1) is 19.5. The number of carbonyl (C=O) groups excluding carboxylic acids is 1. The highest BCUT2D eigenvalue weighted by molar-refractivity contribution is 6.28. The Morgan fingerprint density at radius 2 is 2.03 bits per heavy atom. The average molecular weight is 456 g/mol. The predicted molar refractivity (Wildman–Crippen MR) is 112 cm³/mol. The number of aromatic nitrogens is 4. The Bertz CT molecular complexity index is 1320. The second kappa shape index (κ2) is 6.64. The first-order chi connectivity index (χ1) is 15.4. The molecule has 3 aliphatic rings. The molecule has 1 aliphatic carbocycles. The Labute approximate surface area is 186 Å². The van der Waals surface area contributed by atoms with Gasteiger partial charge in [0.1, 0.15) is 12.9 Å². The zero-order chi connectivity index (χ0) is 22.2. The molecule has 2 aliphatic heterocycles. The molecular weight excluding hydrogens is 438 g/mol. The summed E-state index contributed by atoms with van der Waals surface area (Å²) >= 11 is 6.20. The van der Waals surface area contributed by atoms with Gasteiger partial charge in [0.2, 0.25) is 11.5 Å². The summed E-state index contributed by atoms with van der Waals surface area (Å²) in [5.74, 6) is 0.0736. The molecule has 1 aromatic carbocycles. The van der Waals surface area contributed by atoms with Crippen LogP contribution in [0.5, 0.6) is 0 Å². The molecule has 3 N–H and O–H groups in total. The van der Waals surface area contributed by atoms with E-state index in [2.05, 4.69) is 15.0 Å². The number of aliphatic hydroxyl groups is 3. The maximum atomic E-state index is 13.0. The number of anilines is 1. The standard InChI is InChI=1S/C21H18ClN5O5/c22-20-24-17(26-7-21(8-26)5-10-3-1-2-4-11(10)16(21)31)13-18(25-20)27(9-23-13)19-15(30)14(29)12(6-28)32-19/h1-4,9,15,19,28-30H,5-8H2/t15?,19-/m1/s1. The van der Waals surface area contributed by atoms with Gasteiger partial charge in [-0.3, -0.25) is 9.36 Å². The first-order valence-electron chi connectivity index (χ1n) is 10.1. The van der Waals surface area contributed by atoms with E-state index in [1.165, 1.54) is 10.9 Å². The first-order valence-corrected chi connectivity index (χ1v) is 10.4. The summed E-state index contributed by atoms with van der Waals surface area (Å²) in [4.78, 5) is 27.9. The van der Waals surface area contributed by atoms with Crippen LogP contribution in [0.2, 0.25) is 5.28 Å². The Hall–Kier alpha value is -3.21. The van der Waals surface area contributed by atoms with Gasteiger partial charge >= 0.3 is 0 Å². The zero-order valence-electron chi connectivity index (χ0n) is 16.6. The number of benzene rings is 1. The van der Waals surface area contributed by atoms with Crippen molar-refractivity contribution in [2.75, 3.05) is 24.6 Å². The third-order valence-corrected chi connectivity index (χ3v) is 6.62. The van der Waals surface area contributed by atoms with E-state index in [-0.39, 0.29) is 16.8 Å². The number of ether oxygens (including phenoxy) is 1. The number of hydrogen-bond donors (Lipinski definition) is 3. The number of imidazole rings is 1. The van der Waals surface area contributed by atoms with Crippen molar-refractivity contribution in [2.45, 2.75) is 18.8 Å². The van der Waals surface area contributed by atoms with Crippen LogP contribution >= 0.6 is 11.6 Å². The second-order valence-corrected chi connectivity index (χ2v) is 8.70. The molecule has 3 aromatic rings. The van der Waals surface area contributed by atoms with Gasteiger partial charge < -0.3 is 25.0 Å². The largest absolute Gasteiger partial charge is 0.506 e. The normalized spacial score (nSPS) is 23.7. The molecule has 1 spiro atoms. The van der Waals surface area contributed by atoms with E-state index in [1.54, 1.807) is 0 Å². The number of rotatable bonds is 3. The van der Waals surface area contributed by atoms with Crippen molar-refractivity contribution in [1.29, 1.82) is 0 Å². The van der Waals surface area contributed by atoms with E-state index in [0.29, 0.717) is 36.5 Å². The number of aliphatic hydroxyl groups excluding tert-OH is 3. The maximum absolute atomic E-state index is 13.0. The van der Waals surface area contributed by atoms with Crippen LogP contribution in [0.25, 0.3) is 11.2 Å². The zero-order valence-corrected chi connectivity index (χ0v) is 17.4. The molecule has 0 bridgehead atoms. The van der Waals surface area contributed by atoms with Crippen LogP contribution in [-0.4, -0.2) is 66.4 Å². The minimum atomic E-state index is -1.39. The molecule has 0 amide bonds. The van der Waals surface area contributed by atoms with Gasteiger partial charge in [0.25, 0.3) is 0 Å². The summed E-state index contributed by atoms with van der Waals surface area (Å²) in [6.45, 7) is 0.407. The van der Waals surface area contributed by atoms with E-state index in [1.807, 2.05) is 29.2 Å². The lowest BCUT2D eigenvalue weighted by atomic mass is 9.76. The van der Waals surface area contributed by atoms with Gasteiger partial charge in [-0.1, -0.05) is 24.3 Å². The lowest BCUT2D eigenvalue weighted by molar-refractivity contribution is -0.0119. The summed E-state index contributed by atoms with van der Waals surface area (Å²) in [6, 6.07) is 7.67.